The van der Waals surface area contributed by atoms with Gasteiger partial charge < -0.3 is 15.2 Å². The minimum atomic E-state index is -0.0487. The van der Waals surface area contributed by atoms with Crippen LogP contribution in [0.1, 0.15) is 82.9 Å². The summed E-state index contributed by atoms with van der Waals surface area (Å²) in [5, 5.41) is 7.44. The molecule has 0 bridgehead atoms. The number of carbonyl (C=O) groups excluding carboxylic acids is 1. The summed E-state index contributed by atoms with van der Waals surface area (Å²) in [6.45, 7) is 8.77. The SMILES string of the molecule is Cc1cc2c(cn1)cc(C1CC(NC(=O)NC3CCC(C(C)C)CC3)CCC1C)c(=O)n2C. The third kappa shape index (κ3) is 5.25. The molecule has 0 saturated heterocycles. The van der Waals surface area contributed by atoms with Gasteiger partial charge in [0.15, 0.2) is 0 Å². The average Bonchev–Trinajstić information content (AvgIpc) is 2.78. The van der Waals surface area contributed by atoms with E-state index >= 15 is 0 Å². The molecule has 0 aliphatic heterocycles. The van der Waals surface area contributed by atoms with Crippen molar-refractivity contribution < 1.29 is 4.79 Å². The number of amides is 2. The lowest BCUT2D eigenvalue weighted by atomic mass is 9.74. The van der Waals surface area contributed by atoms with Gasteiger partial charge in [0, 0.05) is 42.0 Å². The third-order valence-electron chi connectivity index (χ3n) is 8.25. The molecule has 2 aliphatic carbocycles. The first-order valence-corrected chi connectivity index (χ1v) is 12.8. The molecule has 3 unspecified atom stereocenters. The molecule has 2 aliphatic rings. The average molecular weight is 453 g/mol. The Labute approximate surface area is 197 Å². The van der Waals surface area contributed by atoms with Crippen LogP contribution in [-0.2, 0) is 7.05 Å². The van der Waals surface area contributed by atoms with Gasteiger partial charge in [0.1, 0.15) is 0 Å². The van der Waals surface area contributed by atoms with E-state index < -0.39 is 0 Å². The van der Waals surface area contributed by atoms with Gasteiger partial charge in [-0.3, -0.25) is 9.78 Å². The van der Waals surface area contributed by atoms with Crippen molar-refractivity contribution in [1.29, 1.82) is 0 Å². The predicted octanol–water partition coefficient (Wildman–Crippen LogP) is 5.03. The highest BCUT2D eigenvalue weighted by atomic mass is 16.2. The van der Waals surface area contributed by atoms with E-state index in [4.69, 9.17) is 0 Å². The lowest BCUT2D eigenvalue weighted by molar-refractivity contribution is 0.204. The number of fused-ring (bicyclic) bond motifs is 1. The Morgan fingerprint density at radius 3 is 2.42 bits per heavy atom. The lowest BCUT2D eigenvalue weighted by Gasteiger charge is -2.36. The van der Waals surface area contributed by atoms with Gasteiger partial charge in [-0.2, -0.15) is 0 Å². The van der Waals surface area contributed by atoms with Crippen molar-refractivity contribution in [3.8, 4) is 0 Å². The number of nitrogens with zero attached hydrogens (tertiary/aromatic N) is 2. The highest BCUT2D eigenvalue weighted by Crippen LogP contribution is 2.37. The maximum Gasteiger partial charge on any atom is 0.315 e. The minimum Gasteiger partial charge on any atom is -0.335 e. The lowest BCUT2D eigenvalue weighted by Crippen LogP contribution is -2.49. The van der Waals surface area contributed by atoms with E-state index in [-0.39, 0.29) is 29.6 Å². The number of urea groups is 1. The Morgan fingerprint density at radius 2 is 1.73 bits per heavy atom. The standard InChI is InChI=1S/C27H40N4O2/c1-16(2)19-7-10-21(11-8-19)29-27(33)30-22-9-6-17(3)23(14-22)24-13-20-15-28-18(4)12-25(20)31(5)26(24)32/h12-13,15-17,19,21-23H,6-11,14H2,1-5H3,(H2,29,30,33). The number of hydrogen-bond donors (Lipinski definition) is 2. The first-order chi connectivity index (χ1) is 15.7. The number of nitrogens with one attached hydrogen (secondary N) is 2. The normalized spacial score (nSPS) is 28.1. The highest BCUT2D eigenvalue weighted by molar-refractivity contribution is 5.79. The van der Waals surface area contributed by atoms with E-state index in [0.717, 1.165) is 66.1 Å². The van der Waals surface area contributed by atoms with E-state index in [2.05, 4.69) is 36.4 Å². The quantitative estimate of drug-likeness (QED) is 0.683. The van der Waals surface area contributed by atoms with Gasteiger partial charge in [0.2, 0.25) is 0 Å². The molecule has 0 radical (unpaired) electrons. The van der Waals surface area contributed by atoms with Gasteiger partial charge in [0.25, 0.3) is 5.56 Å². The summed E-state index contributed by atoms with van der Waals surface area (Å²) >= 11 is 0. The number of carbonyl (C=O) groups is 1. The minimum absolute atomic E-state index is 0.0487. The molecule has 2 fully saturated rings. The van der Waals surface area contributed by atoms with Crippen molar-refractivity contribution in [2.75, 3.05) is 0 Å². The second-order valence-electron chi connectivity index (χ2n) is 10.9. The maximum atomic E-state index is 13.2. The summed E-state index contributed by atoms with van der Waals surface area (Å²) < 4.78 is 1.75. The molecule has 2 aromatic heterocycles. The highest BCUT2D eigenvalue weighted by Gasteiger charge is 2.32. The number of aryl methyl sites for hydroxylation is 2. The molecular weight excluding hydrogens is 412 g/mol. The van der Waals surface area contributed by atoms with Gasteiger partial charge in [-0.1, -0.05) is 20.8 Å². The molecule has 6 heteroatoms. The summed E-state index contributed by atoms with van der Waals surface area (Å²) in [6, 6.07) is 4.32. The molecule has 180 valence electrons. The van der Waals surface area contributed by atoms with Crippen molar-refractivity contribution >= 4 is 16.9 Å². The Bertz CT molecular complexity index is 1050. The molecule has 33 heavy (non-hydrogen) atoms. The van der Waals surface area contributed by atoms with Crippen LogP contribution in [0.3, 0.4) is 0 Å². The van der Waals surface area contributed by atoms with Gasteiger partial charge >= 0.3 is 6.03 Å². The molecule has 2 aromatic rings. The summed E-state index contributed by atoms with van der Waals surface area (Å²) in [5.74, 6) is 2.05. The van der Waals surface area contributed by atoms with Crippen LogP contribution in [0.5, 0.6) is 0 Å². The Morgan fingerprint density at radius 1 is 1.06 bits per heavy atom. The van der Waals surface area contributed by atoms with Crippen LogP contribution in [0.4, 0.5) is 4.79 Å². The zero-order valence-electron chi connectivity index (χ0n) is 20.9. The van der Waals surface area contributed by atoms with Crippen molar-refractivity contribution in [1.82, 2.24) is 20.2 Å². The van der Waals surface area contributed by atoms with Crippen LogP contribution in [-0.4, -0.2) is 27.7 Å². The van der Waals surface area contributed by atoms with Crippen molar-refractivity contribution in [2.45, 2.75) is 90.6 Å². The van der Waals surface area contributed by atoms with Crippen molar-refractivity contribution in [2.24, 2.45) is 24.8 Å². The molecule has 2 N–H and O–H groups in total. The van der Waals surface area contributed by atoms with Crippen LogP contribution in [0, 0.1) is 24.7 Å². The Balaban J connectivity index is 1.42. The van der Waals surface area contributed by atoms with Gasteiger partial charge in [-0.15, -0.1) is 0 Å². The van der Waals surface area contributed by atoms with E-state index in [1.807, 2.05) is 32.3 Å². The number of hydrogen-bond acceptors (Lipinski definition) is 3. The van der Waals surface area contributed by atoms with Crippen LogP contribution in [0.25, 0.3) is 10.9 Å². The van der Waals surface area contributed by atoms with Crippen LogP contribution in [0.15, 0.2) is 23.1 Å². The second-order valence-corrected chi connectivity index (χ2v) is 10.9. The summed E-state index contributed by atoms with van der Waals surface area (Å²) in [7, 11) is 1.85. The molecule has 0 aromatic carbocycles. The molecule has 2 heterocycles. The summed E-state index contributed by atoms with van der Waals surface area (Å²) in [6.07, 6.45) is 9.16. The number of pyridine rings is 2. The van der Waals surface area contributed by atoms with Crippen LogP contribution in [0.2, 0.25) is 0 Å². The van der Waals surface area contributed by atoms with E-state index in [0.29, 0.717) is 5.92 Å². The molecule has 2 saturated carbocycles. The zero-order chi connectivity index (χ0) is 23.7. The summed E-state index contributed by atoms with van der Waals surface area (Å²) in [4.78, 5) is 30.4. The fourth-order valence-electron chi connectivity index (χ4n) is 5.98. The molecule has 3 atom stereocenters. The fourth-order valence-corrected chi connectivity index (χ4v) is 5.98. The van der Waals surface area contributed by atoms with Crippen LogP contribution >= 0.6 is 0 Å². The van der Waals surface area contributed by atoms with Gasteiger partial charge in [0.05, 0.1) is 5.52 Å². The fraction of sp³-hybridized carbons (Fsp3) is 0.667. The largest absolute Gasteiger partial charge is 0.335 e. The topological polar surface area (TPSA) is 76.0 Å². The second kappa shape index (κ2) is 9.86. The van der Waals surface area contributed by atoms with E-state index in [9.17, 15) is 9.59 Å². The molecule has 4 rings (SSSR count). The molecular formula is C27H40N4O2. The first kappa shape index (κ1) is 23.8. The van der Waals surface area contributed by atoms with E-state index in [1.165, 1.54) is 12.8 Å². The third-order valence-corrected chi connectivity index (χ3v) is 8.25. The van der Waals surface area contributed by atoms with Gasteiger partial charge in [-0.05, 0) is 87.7 Å². The monoisotopic (exact) mass is 452 g/mol. The Hall–Kier alpha value is -2.37. The molecule has 6 nitrogen and oxygen atoms in total. The smallest absolute Gasteiger partial charge is 0.315 e. The number of rotatable bonds is 4. The summed E-state index contributed by atoms with van der Waals surface area (Å²) in [5.41, 5.74) is 2.74. The predicted molar refractivity (Wildman–Crippen MR) is 134 cm³/mol. The van der Waals surface area contributed by atoms with Gasteiger partial charge in [-0.25, -0.2) is 4.79 Å². The van der Waals surface area contributed by atoms with Crippen molar-refractivity contribution in [3.63, 3.8) is 0 Å². The Kier molecular flexibility index (Phi) is 7.10. The van der Waals surface area contributed by atoms with Crippen LogP contribution < -0.4 is 16.2 Å². The molecule has 0 spiro atoms. The number of aromatic nitrogens is 2. The van der Waals surface area contributed by atoms with E-state index in [1.54, 1.807) is 4.57 Å². The zero-order valence-corrected chi connectivity index (χ0v) is 20.9. The maximum absolute atomic E-state index is 13.2. The first-order valence-electron chi connectivity index (χ1n) is 12.8. The molecule has 2 amide bonds. The van der Waals surface area contributed by atoms with Crippen molar-refractivity contribution in [3.05, 3.63) is 39.9 Å².